The van der Waals surface area contributed by atoms with Crippen LogP contribution in [0.1, 0.15) is 18.4 Å². The molecule has 0 heterocycles. The van der Waals surface area contributed by atoms with Crippen LogP contribution in [0.3, 0.4) is 0 Å². The van der Waals surface area contributed by atoms with E-state index in [-0.39, 0.29) is 0 Å². The molecule has 0 aliphatic heterocycles. The van der Waals surface area contributed by atoms with Gasteiger partial charge in [0.15, 0.2) is 0 Å². The summed E-state index contributed by atoms with van der Waals surface area (Å²) in [6, 6.07) is 7.51. The zero-order valence-corrected chi connectivity index (χ0v) is 7.87. The lowest BCUT2D eigenvalue weighted by Crippen LogP contribution is -1.86. The van der Waals surface area contributed by atoms with Crippen LogP contribution in [0, 0.1) is 0 Å². The van der Waals surface area contributed by atoms with Crippen molar-refractivity contribution >= 4 is 17.8 Å². The maximum absolute atomic E-state index is 5.80. The van der Waals surface area contributed by atoms with E-state index in [9.17, 15) is 0 Å². The van der Waals surface area contributed by atoms with Crippen LogP contribution >= 0.6 is 11.6 Å². The van der Waals surface area contributed by atoms with Gasteiger partial charge in [-0.25, -0.2) is 0 Å². The molecule has 1 saturated carbocycles. The number of oxime groups is 1. The number of nitrogens with zero attached hydrogens (tertiary/aromatic N) is 1. The SMILES string of the molecule is Clc1cccc(C=NOC2CC2)c1. The van der Waals surface area contributed by atoms with Crippen LogP contribution in [0.15, 0.2) is 29.4 Å². The molecule has 1 aromatic rings. The van der Waals surface area contributed by atoms with Crippen LogP contribution < -0.4 is 0 Å². The summed E-state index contributed by atoms with van der Waals surface area (Å²) in [7, 11) is 0. The van der Waals surface area contributed by atoms with Gasteiger partial charge in [0.25, 0.3) is 0 Å². The fraction of sp³-hybridized carbons (Fsp3) is 0.300. The molecule has 0 aromatic heterocycles. The molecule has 1 aliphatic rings. The normalized spacial score (nSPS) is 16.4. The largest absolute Gasteiger partial charge is 0.392 e. The molecule has 0 N–H and O–H groups in total. The van der Waals surface area contributed by atoms with Gasteiger partial charge >= 0.3 is 0 Å². The zero-order valence-electron chi connectivity index (χ0n) is 7.11. The van der Waals surface area contributed by atoms with Gasteiger partial charge in [-0.1, -0.05) is 28.9 Å². The van der Waals surface area contributed by atoms with Crippen molar-refractivity contribution in [3.05, 3.63) is 34.9 Å². The van der Waals surface area contributed by atoms with Crippen molar-refractivity contribution < 1.29 is 4.84 Å². The van der Waals surface area contributed by atoms with Crippen LogP contribution in [0.4, 0.5) is 0 Å². The van der Waals surface area contributed by atoms with E-state index in [1.165, 1.54) is 0 Å². The van der Waals surface area contributed by atoms with E-state index in [0.717, 1.165) is 23.4 Å². The number of benzene rings is 1. The smallest absolute Gasteiger partial charge is 0.127 e. The lowest BCUT2D eigenvalue weighted by atomic mass is 10.2. The highest BCUT2D eigenvalue weighted by atomic mass is 35.5. The van der Waals surface area contributed by atoms with Crippen molar-refractivity contribution in [1.29, 1.82) is 0 Å². The van der Waals surface area contributed by atoms with Crippen LogP contribution in [0.5, 0.6) is 0 Å². The molecule has 2 rings (SSSR count). The van der Waals surface area contributed by atoms with E-state index >= 15 is 0 Å². The van der Waals surface area contributed by atoms with Gasteiger partial charge in [-0.3, -0.25) is 0 Å². The van der Waals surface area contributed by atoms with Crippen LogP contribution in [0.25, 0.3) is 0 Å². The summed E-state index contributed by atoms with van der Waals surface area (Å²) in [5.74, 6) is 0. The van der Waals surface area contributed by atoms with Crippen molar-refractivity contribution in [2.24, 2.45) is 5.16 Å². The first-order chi connectivity index (χ1) is 6.34. The second kappa shape index (κ2) is 3.79. The van der Waals surface area contributed by atoms with E-state index in [0.29, 0.717) is 6.10 Å². The Morgan fingerprint density at radius 2 is 2.31 bits per heavy atom. The van der Waals surface area contributed by atoms with Crippen LogP contribution in [0.2, 0.25) is 5.02 Å². The fourth-order valence-corrected chi connectivity index (χ4v) is 1.14. The summed E-state index contributed by atoms with van der Waals surface area (Å²) in [6.45, 7) is 0. The highest BCUT2D eigenvalue weighted by Gasteiger charge is 2.23. The van der Waals surface area contributed by atoms with Gasteiger partial charge in [-0.2, -0.15) is 0 Å². The molecule has 1 aliphatic carbocycles. The maximum Gasteiger partial charge on any atom is 0.127 e. The second-order valence-corrected chi connectivity index (χ2v) is 3.53. The first kappa shape index (κ1) is 8.57. The Hall–Kier alpha value is -1.02. The number of hydrogen-bond donors (Lipinski definition) is 0. The van der Waals surface area contributed by atoms with Crippen molar-refractivity contribution in [1.82, 2.24) is 0 Å². The average molecular weight is 196 g/mol. The van der Waals surface area contributed by atoms with Crippen molar-refractivity contribution in [2.45, 2.75) is 18.9 Å². The second-order valence-electron chi connectivity index (χ2n) is 3.09. The summed E-state index contributed by atoms with van der Waals surface area (Å²) >= 11 is 5.80. The van der Waals surface area contributed by atoms with Gasteiger partial charge in [-0.05, 0) is 30.5 Å². The van der Waals surface area contributed by atoms with Crippen LogP contribution in [-0.4, -0.2) is 12.3 Å². The average Bonchev–Trinajstić information content (AvgIpc) is 2.88. The lowest BCUT2D eigenvalue weighted by Gasteiger charge is -1.94. The van der Waals surface area contributed by atoms with E-state index in [1.807, 2.05) is 24.3 Å². The molecule has 0 saturated heterocycles. The molecule has 13 heavy (non-hydrogen) atoms. The number of hydrogen-bond acceptors (Lipinski definition) is 2. The summed E-state index contributed by atoms with van der Waals surface area (Å²) < 4.78 is 0. The first-order valence-electron chi connectivity index (χ1n) is 4.29. The van der Waals surface area contributed by atoms with Gasteiger partial charge in [0, 0.05) is 5.02 Å². The van der Waals surface area contributed by atoms with E-state index < -0.39 is 0 Å². The molecule has 3 heteroatoms. The molecule has 1 aromatic carbocycles. The Labute approximate surface area is 82.2 Å². The predicted molar refractivity (Wildman–Crippen MR) is 53.2 cm³/mol. The topological polar surface area (TPSA) is 21.6 Å². The third-order valence-corrected chi connectivity index (χ3v) is 2.02. The molecule has 2 nitrogen and oxygen atoms in total. The fourth-order valence-electron chi connectivity index (χ4n) is 0.938. The van der Waals surface area contributed by atoms with Crippen molar-refractivity contribution in [3.8, 4) is 0 Å². The van der Waals surface area contributed by atoms with Gasteiger partial charge < -0.3 is 4.84 Å². The number of rotatable bonds is 3. The van der Waals surface area contributed by atoms with Crippen molar-refractivity contribution in [3.63, 3.8) is 0 Å². The monoisotopic (exact) mass is 195 g/mol. The maximum atomic E-state index is 5.80. The molecule has 0 radical (unpaired) electrons. The standard InChI is InChI=1S/C10H10ClNO/c11-9-3-1-2-8(6-9)7-12-13-10-4-5-10/h1-3,6-7,10H,4-5H2. The highest BCUT2D eigenvalue weighted by Crippen LogP contribution is 2.23. The first-order valence-corrected chi connectivity index (χ1v) is 4.67. The summed E-state index contributed by atoms with van der Waals surface area (Å²) in [6.07, 6.45) is 4.31. The van der Waals surface area contributed by atoms with Gasteiger partial charge in [0.1, 0.15) is 6.10 Å². The molecule has 0 atom stereocenters. The molecule has 1 fully saturated rings. The lowest BCUT2D eigenvalue weighted by molar-refractivity contribution is 0.131. The van der Waals surface area contributed by atoms with Gasteiger partial charge in [0.05, 0.1) is 6.21 Å². The summed E-state index contributed by atoms with van der Waals surface area (Å²) in [5, 5.41) is 4.58. The Morgan fingerprint density at radius 3 is 3.00 bits per heavy atom. The predicted octanol–water partition coefficient (Wildman–Crippen LogP) is 2.85. The molecule has 0 unspecified atom stereocenters. The molecule has 68 valence electrons. The minimum atomic E-state index is 0.357. The molecule has 0 amide bonds. The summed E-state index contributed by atoms with van der Waals surface area (Å²) in [4.78, 5) is 5.12. The van der Waals surface area contributed by atoms with E-state index in [4.69, 9.17) is 16.4 Å². The Kier molecular flexibility index (Phi) is 2.50. The molecular weight excluding hydrogens is 186 g/mol. The van der Waals surface area contributed by atoms with Crippen LogP contribution in [-0.2, 0) is 4.84 Å². The van der Waals surface area contributed by atoms with Crippen molar-refractivity contribution in [2.75, 3.05) is 0 Å². The zero-order chi connectivity index (χ0) is 9.10. The van der Waals surface area contributed by atoms with Gasteiger partial charge in [0.2, 0.25) is 0 Å². The summed E-state index contributed by atoms with van der Waals surface area (Å²) in [5.41, 5.74) is 0.966. The third kappa shape index (κ3) is 2.74. The van der Waals surface area contributed by atoms with E-state index in [2.05, 4.69) is 5.16 Å². The third-order valence-electron chi connectivity index (χ3n) is 1.78. The Morgan fingerprint density at radius 1 is 1.46 bits per heavy atom. The Balaban J connectivity index is 1.95. The quantitative estimate of drug-likeness (QED) is 0.537. The molecular formula is C10H10ClNO. The Bertz CT molecular complexity index is 320. The molecule has 0 bridgehead atoms. The van der Waals surface area contributed by atoms with Gasteiger partial charge in [-0.15, -0.1) is 0 Å². The minimum absolute atomic E-state index is 0.357. The van der Waals surface area contributed by atoms with E-state index in [1.54, 1.807) is 6.21 Å². The molecule has 0 spiro atoms. The minimum Gasteiger partial charge on any atom is -0.392 e. The number of halogens is 1. The highest BCUT2D eigenvalue weighted by molar-refractivity contribution is 6.30.